The van der Waals surface area contributed by atoms with Gasteiger partial charge >= 0.3 is 0 Å². The minimum atomic E-state index is -0.401. The third-order valence-corrected chi connectivity index (χ3v) is 6.08. The molecule has 0 radical (unpaired) electrons. The van der Waals surface area contributed by atoms with E-state index in [4.69, 9.17) is 4.98 Å². The van der Waals surface area contributed by atoms with Gasteiger partial charge in [-0.3, -0.25) is 19.5 Å². The zero-order chi connectivity index (χ0) is 20.5. The zero-order valence-corrected chi connectivity index (χ0v) is 16.8. The molecule has 3 aromatic carbocycles. The minimum Gasteiger partial charge on any atom is -0.287 e. The molecule has 0 N–H and O–H groups in total. The van der Waals surface area contributed by atoms with Gasteiger partial charge in [0.15, 0.2) is 5.16 Å². The molecule has 4 aromatic rings. The van der Waals surface area contributed by atoms with Crippen LogP contribution in [-0.2, 0) is 6.54 Å². The van der Waals surface area contributed by atoms with Crippen LogP contribution in [-0.4, -0.2) is 14.5 Å². The number of rotatable bonds is 5. The van der Waals surface area contributed by atoms with Gasteiger partial charge in [-0.15, -0.1) is 0 Å². The third kappa shape index (κ3) is 3.61. The molecule has 29 heavy (non-hydrogen) atoms. The van der Waals surface area contributed by atoms with Gasteiger partial charge in [0.1, 0.15) is 0 Å². The number of aromatic nitrogens is 2. The molecule has 1 aromatic heterocycles. The van der Waals surface area contributed by atoms with Gasteiger partial charge in [0.25, 0.3) is 11.2 Å². The first kappa shape index (κ1) is 19.1. The van der Waals surface area contributed by atoms with Gasteiger partial charge < -0.3 is 0 Å². The van der Waals surface area contributed by atoms with Gasteiger partial charge in [-0.1, -0.05) is 48.2 Å². The van der Waals surface area contributed by atoms with E-state index < -0.39 is 4.92 Å². The van der Waals surface area contributed by atoms with E-state index in [9.17, 15) is 14.9 Å². The highest BCUT2D eigenvalue weighted by molar-refractivity contribution is 7.99. The molecule has 0 saturated carbocycles. The first-order valence-corrected chi connectivity index (χ1v) is 10.2. The third-order valence-electron chi connectivity index (χ3n) is 4.94. The number of hydrogen-bond donors (Lipinski definition) is 0. The number of thioether (sulfide) groups is 1. The fourth-order valence-corrected chi connectivity index (χ4v) is 4.46. The smallest absolute Gasteiger partial charge is 0.269 e. The highest BCUT2D eigenvalue weighted by atomic mass is 32.2. The van der Waals surface area contributed by atoms with E-state index in [1.54, 1.807) is 16.7 Å². The molecule has 0 unspecified atom stereocenters. The van der Waals surface area contributed by atoms with Crippen molar-refractivity contribution >= 4 is 39.1 Å². The summed E-state index contributed by atoms with van der Waals surface area (Å²) in [5.74, 6) is 0. The summed E-state index contributed by atoms with van der Waals surface area (Å²) in [6, 6.07) is 18.3. The number of nitro groups is 1. The lowest BCUT2D eigenvalue weighted by atomic mass is 10.1. The fraction of sp³-hybridized carbons (Fsp3) is 0.182. The number of nitro benzene ring substituents is 1. The van der Waals surface area contributed by atoms with Crippen LogP contribution in [0.4, 0.5) is 5.69 Å². The predicted molar refractivity (Wildman–Crippen MR) is 117 cm³/mol. The van der Waals surface area contributed by atoms with Crippen LogP contribution < -0.4 is 5.56 Å². The van der Waals surface area contributed by atoms with Crippen molar-refractivity contribution in [1.29, 1.82) is 0 Å². The topological polar surface area (TPSA) is 78.0 Å². The molecule has 0 fully saturated rings. The van der Waals surface area contributed by atoms with Crippen LogP contribution in [0.25, 0.3) is 21.7 Å². The minimum absolute atomic E-state index is 0.0563. The first-order valence-electron chi connectivity index (χ1n) is 9.32. The van der Waals surface area contributed by atoms with Crippen LogP contribution in [0.3, 0.4) is 0 Å². The van der Waals surface area contributed by atoms with Crippen LogP contribution >= 0.6 is 11.8 Å². The maximum absolute atomic E-state index is 13.1. The molecule has 4 rings (SSSR count). The Kier molecular flexibility index (Phi) is 5.07. The molecular formula is C22H19N3O3S. The molecule has 6 nitrogen and oxygen atoms in total. The van der Waals surface area contributed by atoms with Crippen LogP contribution in [0.15, 0.2) is 70.6 Å². The lowest BCUT2D eigenvalue weighted by Crippen LogP contribution is -2.22. The van der Waals surface area contributed by atoms with Gasteiger partial charge in [0, 0.05) is 23.9 Å². The van der Waals surface area contributed by atoms with E-state index in [1.807, 2.05) is 56.3 Å². The Morgan fingerprint density at radius 2 is 1.83 bits per heavy atom. The number of nitrogens with zero attached hydrogens (tertiary/aromatic N) is 3. The van der Waals surface area contributed by atoms with Crippen molar-refractivity contribution in [2.24, 2.45) is 0 Å². The Morgan fingerprint density at radius 3 is 2.52 bits per heavy atom. The Bertz CT molecular complexity index is 1300. The van der Waals surface area contributed by atoms with Crippen LogP contribution in [0, 0.1) is 10.1 Å². The van der Waals surface area contributed by atoms with E-state index in [-0.39, 0.29) is 16.5 Å². The maximum atomic E-state index is 13.1. The average Bonchev–Trinajstić information content (AvgIpc) is 2.73. The quantitative estimate of drug-likeness (QED) is 0.147. The van der Waals surface area contributed by atoms with Crippen molar-refractivity contribution in [2.45, 2.75) is 30.8 Å². The van der Waals surface area contributed by atoms with Crippen molar-refractivity contribution in [2.75, 3.05) is 0 Å². The second kappa shape index (κ2) is 7.67. The van der Waals surface area contributed by atoms with Crippen LogP contribution in [0.1, 0.15) is 24.7 Å². The number of hydrogen-bond acceptors (Lipinski definition) is 5. The van der Waals surface area contributed by atoms with E-state index in [0.29, 0.717) is 22.6 Å². The summed E-state index contributed by atoms with van der Waals surface area (Å²) in [6.07, 6.45) is 0. The molecule has 0 saturated heterocycles. The lowest BCUT2D eigenvalue weighted by Gasteiger charge is -2.16. The summed E-state index contributed by atoms with van der Waals surface area (Å²) >= 11 is 1.43. The predicted octanol–water partition coefficient (Wildman–Crippen LogP) is 5.33. The Balaban J connectivity index is 1.80. The summed E-state index contributed by atoms with van der Waals surface area (Å²) in [4.78, 5) is 28.6. The summed E-state index contributed by atoms with van der Waals surface area (Å²) in [7, 11) is 0. The molecule has 0 aliphatic heterocycles. The van der Waals surface area contributed by atoms with Gasteiger partial charge in [0.2, 0.25) is 0 Å². The lowest BCUT2D eigenvalue weighted by molar-refractivity contribution is -0.384. The summed E-state index contributed by atoms with van der Waals surface area (Å²) in [5, 5.41) is 14.2. The summed E-state index contributed by atoms with van der Waals surface area (Å²) < 4.78 is 1.66. The van der Waals surface area contributed by atoms with Crippen molar-refractivity contribution in [3.63, 3.8) is 0 Å². The summed E-state index contributed by atoms with van der Waals surface area (Å²) in [6.45, 7) is 4.37. The van der Waals surface area contributed by atoms with Crippen LogP contribution in [0.5, 0.6) is 0 Å². The van der Waals surface area contributed by atoms with Crippen molar-refractivity contribution in [1.82, 2.24) is 9.55 Å². The second-order valence-corrected chi connectivity index (χ2v) is 8.08. The molecule has 0 aliphatic carbocycles. The number of non-ortho nitro benzene ring substituents is 1. The number of benzene rings is 3. The Hall–Kier alpha value is -3.19. The monoisotopic (exact) mass is 405 g/mol. The van der Waals surface area contributed by atoms with E-state index in [1.165, 1.54) is 17.8 Å². The fourth-order valence-electron chi connectivity index (χ4n) is 3.37. The van der Waals surface area contributed by atoms with Gasteiger partial charge in [-0.25, -0.2) is 4.98 Å². The molecule has 1 heterocycles. The molecule has 0 aliphatic rings. The molecular weight excluding hydrogens is 386 g/mol. The molecule has 0 spiro atoms. The maximum Gasteiger partial charge on any atom is 0.269 e. The molecule has 0 amide bonds. The Morgan fingerprint density at radius 1 is 1.10 bits per heavy atom. The second-order valence-electron chi connectivity index (χ2n) is 6.77. The van der Waals surface area contributed by atoms with Crippen molar-refractivity contribution in [3.8, 4) is 0 Å². The Labute approximate surface area is 171 Å². The van der Waals surface area contributed by atoms with E-state index in [2.05, 4.69) is 0 Å². The average molecular weight is 405 g/mol. The standard InChI is InChI=1S/C22H19N3O3S/c1-3-24-21(26)19-12-16-7-4-5-8-17(16)13-20(19)23-22(24)29-14(2)15-9-6-10-18(11-15)25(27)28/h4-14H,3H2,1-2H3/t14-/m0/s1. The number of fused-ring (bicyclic) bond motifs is 2. The SMILES string of the molecule is CCn1c(S[C@@H](C)c2cccc([N+](=O)[O-])c2)nc2cc3ccccc3cc2c1=O. The van der Waals surface area contributed by atoms with Gasteiger partial charge in [-0.2, -0.15) is 0 Å². The highest BCUT2D eigenvalue weighted by Crippen LogP contribution is 2.35. The zero-order valence-electron chi connectivity index (χ0n) is 16.0. The highest BCUT2D eigenvalue weighted by Gasteiger charge is 2.17. The summed E-state index contributed by atoms with van der Waals surface area (Å²) in [5.41, 5.74) is 1.46. The van der Waals surface area contributed by atoms with E-state index in [0.717, 1.165) is 16.3 Å². The van der Waals surface area contributed by atoms with Gasteiger partial charge in [0.05, 0.1) is 15.8 Å². The first-order chi connectivity index (χ1) is 14.0. The molecule has 7 heteroatoms. The van der Waals surface area contributed by atoms with Crippen molar-refractivity contribution < 1.29 is 4.92 Å². The van der Waals surface area contributed by atoms with Crippen LogP contribution in [0.2, 0.25) is 0 Å². The van der Waals surface area contributed by atoms with Crippen molar-refractivity contribution in [3.05, 3.63) is 86.7 Å². The molecule has 1 atom stereocenters. The normalized spacial score (nSPS) is 12.3. The molecule has 0 bridgehead atoms. The van der Waals surface area contributed by atoms with E-state index >= 15 is 0 Å². The molecule has 146 valence electrons. The largest absolute Gasteiger partial charge is 0.287 e. The van der Waals surface area contributed by atoms with Gasteiger partial charge in [-0.05, 0) is 42.3 Å².